The highest BCUT2D eigenvalue weighted by Crippen LogP contribution is 2.26. The summed E-state index contributed by atoms with van der Waals surface area (Å²) in [6.07, 6.45) is 1.16. The minimum atomic E-state index is -0.953. The summed E-state index contributed by atoms with van der Waals surface area (Å²) < 4.78 is 5.68. The summed E-state index contributed by atoms with van der Waals surface area (Å²) in [7, 11) is 0. The summed E-state index contributed by atoms with van der Waals surface area (Å²) in [5.74, 6) is 0.0761. The normalized spacial score (nSPS) is 18.0. The van der Waals surface area contributed by atoms with Gasteiger partial charge in [0.05, 0.1) is 0 Å². The third-order valence-corrected chi connectivity index (χ3v) is 4.33. The number of carbonyl (C=O) groups is 1. The molecule has 1 saturated heterocycles. The summed E-state index contributed by atoms with van der Waals surface area (Å²) in [4.78, 5) is 13.5. The first-order valence-corrected chi connectivity index (χ1v) is 7.96. The number of carboxylic acid groups (broad SMARTS) is 1. The van der Waals surface area contributed by atoms with Gasteiger partial charge in [0, 0.05) is 13.1 Å². The predicted octanol–water partition coefficient (Wildman–Crippen LogP) is 3.25. The van der Waals surface area contributed by atoms with Crippen molar-refractivity contribution >= 4 is 5.97 Å². The van der Waals surface area contributed by atoms with E-state index in [9.17, 15) is 4.79 Å². The Morgan fingerprint density at radius 1 is 1.13 bits per heavy atom. The van der Waals surface area contributed by atoms with E-state index in [1.807, 2.05) is 6.07 Å². The van der Waals surface area contributed by atoms with Crippen LogP contribution in [0.25, 0.3) is 0 Å². The molecule has 4 heteroatoms. The molecule has 0 radical (unpaired) electrons. The summed E-state index contributed by atoms with van der Waals surface area (Å²) in [5.41, 5.74) is 1.61. The first-order chi connectivity index (χ1) is 11.2. The summed E-state index contributed by atoms with van der Waals surface area (Å²) in [6.45, 7) is 3.42. The quantitative estimate of drug-likeness (QED) is 0.889. The van der Waals surface area contributed by atoms with Gasteiger partial charge in [-0.1, -0.05) is 42.5 Å². The van der Waals surface area contributed by atoms with Crippen molar-refractivity contribution in [3.05, 3.63) is 65.7 Å². The van der Waals surface area contributed by atoms with Crippen molar-refractivity contribution < 1.29 is 14.6 Å². The van der Waals surface area contributed by atoms with Gasteiger partial charge in [0.1, 0.15) is 17.9 Å². The number of nitrogens with zero attached hydrogens (tertiary/aromatic N) is 1. The molecule has 3 rings (SSSR count). The Morgan fingerprint density at radius 2 is 1.87 bits per heavy atom. The van der Waals surface area contributed by atoms with E-state index in [0.29, 0.717) is 18.3 Å². The van der Waals surface area contributed by atoms with E-state index in [2.05, 4.69) is 29.2 Å². The fourth-order valence-electron chi connectivity index (χ4n) is 3.09. The second kappa shape index (κ2) is 7.29. The highest BCUT2D eigenvalue weighted by molar-refractivity contribution is 5.90. The van der Waals surface area contributed by atoms with Crippen molar-refractivity contribution in [3.8, 4) is 5.75 Å². The average molecular weight is 311 g/mol. The van der Waals surface area contributed by atoms with Gasteiger partial charge in [-0.3, -0.25) is 4.90 Å². The number of hydrogen-bond donors (Lipinski definition) is 1. The third kappa shape index (κ3) is 3.90. The zero-order valence-electron chi connectivity index (χ0n) is 13.0. The van der Waals surface area contributed by atoms with Crippen molar-refractivity contribution in [2.75, 3.05) is 26.2 Å². The average Bonchev–Trinajstić information content (AvgIpc) is 3.05. The van der Waals surface area contributed by atoms with Crippen molar-refractivity contribution in [3.63, 3.8) is 0 Å². The van der Waals surface area contributed by atoms with E-state index >= 15 is 0 Å². The second-order valence-corrected chi connectivity index (χ2v) is 5.85. The molecule has 0 aliphatic carbocycles. The summed E-state index contributed by atoms with van der Waals surface area (Å²) in [6, 6.07) is 17.4. The van der Waals surface area contributed by atoms with Gasteiger partial charge in [-0.15, -0.1) is 0 Å². The number of likely N-dealkylation sites (tertiary alicyclic amines) is 1. The SMILES string of the molecule is O=C(O)c1ccccc1OCCN1CCC(c2ccccc2)C1. The van der Waals surface area contributed by atoms with Crippen molar-refractivity contribution in [1.82, 2.24) is 4.90 Å². The number of para-hydroxylation sites is 1. The molecule has 23 heavy (non-hydrogen) atoms. The summed E-state index contributed by atoms with van der Waals surface area (Å²) in [5, 5.41) is 9.15. The minimum absolute atomic E-state index is 0.219. The molecule has 1 aliphatic heterocycles. The van der Waals surface area contributed by atoms with Crippen molar-refractivity contribution in [2.24, 2.45) is 0 Å². The molecule has 2 aromatic carbocycles. The molecule has 0 aromatic heterocycles. The molecule has 0 amide bonds. The first kappa shape index (κ1) is 15.6. The minimum Gasteiger partial charge on any atom is -0.491 e. The van der Waals surface area contributed by atoms with Gasteiger partial charge in [-0.25, -0.2) is 4.79 Å². The molecule has 4 nitrogen and oxygen atoms in total. The Kier molecular flexibility index (Phi) is 4.93. The van der Waals surface area contributed by atoms with Gasteiger partial charge >= 0.3 is 5.97 Å². The molecule has 1 N–H and O–H groups in total. The molecule has 0 spiro atoms. The Hall–Kier alpha value is -2.33. The molecule has 0 saturated carbocycles. The van der Waals surface area contributed by atoms with Gasteiger partial charge < -0.3 is 9.84 Å². The number of rotatable bonds is 6. The molecule has 1 aliphatic rings. The Morgan fingerprint density at radius 3 is 2.65 bits per heavy atom. The van der Waals surface area contributed by atoms with E-state index < -0.39 is 5.97 Å². The maximum Gasteiger partial charge on any atom is 0.339 e. The smallest absolute Gasteiger partial charge is 0.339 e. The molecule has 1 atom stereocenters. The fourth-order valence-corrected chi connectivity index (χ4v) is 3.09. The van der Waals surface area contributed by atoms with Crippen LogP contribution in [-0.2, 0) is 0 Å². The highest BCUT2D eigenvalue weighted by Gasteiger charge is 2.23. The van der Waals surface area contributed by atoms with Crippen LogP contribution in [0.4, 0.5) is 0 Å². The van der Waals surface area contributed by atoms with E-state index in [1.54, 1.807) is 24.3 Å². The van der Waals surface area contributed by atoms with Gasteiger partial charge in [-0.2, -0.15) is 0 Å². The zero-order valence-corrected chi connectivity index (χ0v) is 13.0. The van der Waals surface area contributed by atoms with Crippen LogP contribution in [0.1, 0.15) is 28.3 Å². The lowest BCUT2D eigenvalue weighted by Crippen LogP contribution is -2.26. The molecule has 1 heterocycles. The van der Waals surface area contributed by atoms with Crippen LogP contribution in [-0.4, -0.2) is 42.2 Å². The van der Waals surface area contributed by atoms with Crippen LogP contribution >= 0.6 is 0 Å². The van der Waals surface area contributed by atoms with E-state index in [1.165, 1.54) is 5.56 Å². The third-order valence-electron chi connectivity index (χ3n) is 4.33. The lowest BCUT2D eigenvalue weighted by molar-refractivity contribution is 0.0691. The first-order valence-electron chi connectivity index (χ1n) is 7.96. The lowest BCUT2D eigenvalue weighted by atomic mass is 9.99. The van der Waals surface area contributed by atoms with E-state index in [-0.39, 0.29) is 5.56 Å². The van der Waals surface area contributed by atoms with E-state index in [0.717, 1.165) is 26.1 Å². The number of aromatic carboxylic acids is 1. The van der Waals surface area contributed by atoms with Crippen LogP contribution in [0, 0.1) is 0 Å². The molecule has 1 fully saturated rings. The van der Waals surface area contributed by atoms with Gasteiger partial charge in [0.2, 0.25) is 0 Å². The van der Waals surface area contributed by atoms with Crippen LogP contribution in [0.3, 0.4) is 0 Å². The van der Waals surface area contributed by atoms with Gasteiger partial charge in [0.15, 0.2) is 0 Å². The number of ether oxygens (including phenoxy) is 1. The van der Waals surface area contributed by atoms with Crippen LogP contribution < -0.4 is 4.74 Å². The topological polar surface area (TPSA) is 49.8 Å². The number of benzene rings is 2. The van der Waals surface area contributed by atoms with Crippen molar-refractivity contribution in [1.29, 1.82) is 0 Å². The maximum atomic E-state index is 11.2. The van der Waals surface area contributed by atoms with Crippen LogP contribution in [0.5, 0.6) is 5.75 Å². The maximum absolute atomic E-state index is 11.2. The molecule has 120 valence electrons. The highest BCUT2D eigenvalue weighted by atomic mass is 16.5. The second-order valence-electron chi connectivity index (χ2n) is 5.85. The summed E-state index contributed by atoms with van der Waals surface area (Å²) >= 11 is 0. The molecule has 2 aromatic rings. The van der Waals surface area contributed by atoms with Crippen LogP contribution in [0.15, 0.2) is 54.6 Å². The number of carboxylic acids is 1. The molecular formula is C19H21NO3. The molecule has 1 unspecified atom stereocenters. The zero-order chi connectivity index (χ0) is 16.1. The Labute approximate surface area is 136 Å². The largest absolute Gasteiger partial charge is 0.491 e. The Balaban J connectivity index is 1.50. The monoisotopic (exact) mass is 311 g/mol. The molecule has 0 bridgehead atoms. The molecular weight excluding hydrogens is 290 g/mol. The van der Waals surface area contributed by atoms with Gasteiger partial charge in [-0.05, 0) is 36.6 Å². The number of hydrogen-bond acceptors (Lipinski definition) is 3. The fraction of sp³-hybridized carbons (Fsp3) is 0.316. The predicted molar refractivity (Wildman–Crippen MR) is 89.1 cm³/mol. The van der Waals surface area contributed by atoms with Gasteiger partial charge in [0.25, 0.3) is 0 Å². The van der Waals surface area contributed by atoms with Crippen LogP contribution in [0.2, 0.25) is 0 Å². The van der Waals surface area contributed by atoms with Crippen molar-refractivity contribution in [2.45, 2.75) is 12.3 Å². The standard InChI is InChI=1S/C19H21NO3/c21-19(22)17-8-4-5-9-18(17)23-13-12-20-11-10-16(14-20)15-6-2-1-3-7-15/h1-9,16H,10-14H2,(H,21,22). The lowest BCUT2D eigenvalue weighted by Gasteiger charge is -2.17. The Bertz CT molecular complexity index is 657. The van der Waals surface area contributed by atoms with E-state index in [4.69, 9.17) is 9.84 Å².